The van der Waals surface area contributed by atoms with Crippen LogP contribution >= 0.6 is 11.3 Å². The molecule has 0 radical (unpaired) electrons. The summed E-state index contributed by atoms with van der Waals surface area (Å²) in [5.74, 6) is 0.0496. The third-order valence-corrected chi connectivity index (χ3v) is 6.92. The summed E-state index contributed by atoms with van der Waals surface area (Å²) < 4.78 is 33.1. The van der Waals surface area contributed by atoms with Crippen molar-refractivity contribution in [2.24, 2.45) is 10.9 Å². The molecule has 3 rings (SSSR count). The first-order valence-corrected chi connectivity index (χ1v) is 11.3. The minimum atomic E-state index is -3.30. The largest absolute Gasteiger partial charge is 0.497 e. The number of benzene rings is 1. The molecule has 1 aromatic heterocycles. The van der Waals surface area contributed by atoms with Gasteiger partial charge in [0.2, 0.25) is 10.0 Å². The lowest BCUT2D eigenvalue weighted by atomic mass is 9.99. The van der Waals surface area contributed by atoms with Crippen LogP contribution in [0.25, 0.3) is 10.2 Å². The van der Waals surface area contributed by atoms with Crippen LogP contribution in [0.2, 0.25) is 0 Å². The number of ether oxygens (including phenoxy) is 1. The van der Waals surface area contributed by atoms with Gasteiger partial charge in [0.25, 0.3) is 5.91 Å². The minimum Gasteiger partial charge on any atom is -0.497 e. The van der Waals surface area contributed by atoms with E-state index in [9.17, 15) is 13.2 Å². The highest BCUT2D eigenvalue weighted by Crippen LogP contribution is 2.24. The molecule has 0 bridgehead atoms. The molecule has 146 valence electrons. The molecule has 0 aliphatic carbocycles. The molecule has 0 saturated carbocycles. The second kappa shape index (κ2) is 7.95. The highest BCUT2D eigenvalue weighted by molar-refractivity contribution is 7.88. The van der Waals surface area contributed by atoms with E-state index in [0.717, 1.165) is 16.0 Å². The van der Waals surface area contributed by atoms with Crippen molar-refractivity contribution in [1.29, 1.82) is 0 Å². The monoisotopic (exact) mass is 409 g/mol. The van der Waals surface area contributed by atoms with Crippen LogP contribution in [0.4, 0.5) is 0 Å². The summed E-state index contributed by atoms with van der Waals surface area (Å²) in [5.41, 5.74) is 0.952. The number of thiazole rings is 1. The maximum absolute atomic E-state index is 12.8. The summed E-state index contributed by atoms with van der Waals surface area (Å²) in [6, 6.07) is 5.71. The molecule has 1 aliphatic heterocycles. The van der Waals surface area contributed by atoms with Gasteiger partial charge in [-0.05, 0) is 31.0 Å². The average molecular weight is 410 g/mol. The predicted molar refractivity (Wildman–Crippen MR) is 106 cm³/mol. The number of sulfonamides is 1. The van der Waals surface area contributed by atoms with Gasteiger partial charge >= 0.3 is 0 Å². The molecule has 2 aromatic rings. The van der Waals surface area contributed by atoms with E-state index >= 15 is 0 Å². The van der Waals surface area contributed by atoms with Gasteiger partial charge in [-0.3, -0.25) is 4.79 Å². The van der Waals surface area contributed by atoms with Gasteiger partial charge in [-0.1, -0.05) is 17.4 Å². The Balaban J connectivity index is 1.97. The summed E-state index contributed by atoms with van der Waals surface area (Å²) in [4.78, 5) is 17.7. The van der Waals surface area contributed by atoms with Crippen LogP contribution in [0, 0.1) is 5.92 Å². The van der Waals surface area contributed by atoms with Crippen LogP contribution in [0.5, 0.6) is 5.75 Å². The van der Waals surface area contributed by atoms with Gasteiger partial charge in [0.05, 0.1) is 29.5 Å². The van der Waals surface area contributed by atoms with E-state index in [2.05, 4.69) is 11.6 Å². The molecule has 0 spiro atoms. The Morgan fingerprint density at radius 2 is 2.26 bits per heavy atom. The average Bonchev–Trinajstić information content (AvgIpc) is 2.97. The first kappa shape index (κ1) is 19.8. The number of amides is 1. The standard InChI is InChI=1S/C18H23N3O4S2/c1-4-9-21-15-8-7-14(25-2)11-16(15)26-18(21)19-17(22)13-6-5-10-20(12-13)27(3,23)24/h4,7-8,11,13H,1,5-6,9-10,12H2,2-3H3. The normalized spacial score (nSPS) is 19.3. The number of piperidine rings is 1. The number of hydrogen-bond donors (Lipinski definition) is 0. The molecule has 1 atom stereocenters. The molecule has 1 amide bonds. The SMILES string of the molecule is C=CCn1c(=NC(=O)C2CCCN(S(C)(=O)=O)C2)sc2cc(OC)ccc21. The highest BCUT2D eigenvalue weighted by Gasteiger charge is 2.30. The molecule has 0 N–H and O–H groups in total. The molecular formula is C18H23N3O4S2. The number of allylic oxidation sites excluding steroid dienone is 1. The topological polar surface area (TPSA) is 81.0 Å². The fourth-order valence-electron chi connectivity index (χ4n) is 3.20. The van der Waals surface area contributed by atoms with E-state index in [1.54, 1.807) is 13.2 Å². The number of aromatic nitrogens is 1. The maximum atomic E-state index is 12.8. The Bertz CT molecular complexity index is 1040. The van der Waals surface area contributed by atoms with E-state index in [-0.39, 0.29) is 12.5 Å². The molecule has 1 fully saturated rings. The molecule has 2 heterocycles. The Hall–Kier alpha value is -1.97. The van der Waals surface area contributed by atoms with Crippen LogP contribution in [-0.4, -0.2) is 49.7 Å². The molecule has 27 heavy (non-hydrogen) atoms. The summed E-state index contributed by atoms with van der Waals surface area (Å²) in [6.45, 7) is 4.96. The number of carbonyl (C=O) groups is 1. The number of nitrogens with zero attached hydrogens (tertiary/aromatic N) is 3. The summed E-state index contributed by atoms with van der Waals surface area (Å²) in [5, 5.41) is 0. The van der Waals surface area contributed by atoms with Crippen molar-refractivity contribution in [2.45, 2.75) is 19.4 Å². The Morgan fingerprint density at radius 1 is 1.48 bits per heavy atom. The molecule has 1 saturated heterocycles. The number of methoxy groups -OCH3 is 1. The van der Waals surface area contributed by atoms with Crippen LogP contribution in [-0.2, 0) is 21.4 Å². The van der Waals surface area contributed by atoms with Crippen molar-refractivity contribution in [3.8, 4) is 5.75 Å². The zero-order valence-electron chi connectivity index (χ0n) is 15.4. The summed E-state index contributed by atoms with van der Waals surface area (Å²) in [7, 11) is -1.69. The zero-order chi connectivity index (χ0) is 19.6. The number of fused-ring (bicyclic) bond motifs is 1. The third kappa shape index (κ3) is 4.31. The number of carbonyl (C=O) groups excluding carboxylic acids is 1. The van der Waals surface area contributed by atoms with Crippen molar-refractivity contribution in [2.75, 3.05) is 26.5 Å². The van der Waals surface area contributed by atoms with Crippen LogP contribution < -0.4 is 9.54 Å². The molecule has 1 unspecified atom stereocenters. The smallest absolute Gasteiger partial charge is 0.252 e. The quantitative estimate of drug-likeness (QED) is 0.708. The van der Waals surface area contributed by atoms with Crippen molar-refractivity contribution >= 4 is 37.5 Å². The summed E-state index contributed by atoms with van der Waals surface area (Å²) >= 11 is 1.41. The van der Waals surface area contributed by atoms with Gasteiger partial charge < -0.3 is 9.30 Å². The van der Waals surface area contributed by atoms with Crippen molar-refractivity contribution < 1.29 is 17.9 Å². The van der Waals surface area contributed by atoms with E-state index < -0.39 is 15.9 Å². The number of hydrogen-bond acceptors (Lipinski definition) is 5. The molecule has 7 nitrogen and oxygen atoms in total. The second-order valence-corrected chi connectivity index (χ2v) is 9.52. The van der Waals surface area contributed by atoms with Gasteiger partial charge in [0.1, 0.15) is 5.75 Å². The molecular weight excluding hydrogens is 386 g/mol. The van der Waals surface area contributed by atoms with E-state index in [0.29, 0.717) is 30.7 Å². The zero-order valence-corrected chi connectivity index (χ0v) is 17.1. The first-order valence-electron chi connectivity index (χ1n) is 8.65. The van der Waals surface area contributed by atoms with Crippen molar-refractivity contribution in [3.63, 3.8) is 0 Å². The lowest BCUT2D eigenvalue weighted by Crippen LogP contribution is -2.41. The van der Waals surface area contributed by atoms with Gasteiger partial charge in [0.15, 0.2) is 4.80 Å². The Kier molecular flexibility index (Phi) is 5.83. The van der Waals surface area contributed by atoms with E-state index in [1.165, 1.54) is 21.9 Å². The van der Waals surface area contributed by atoms with Crippen LogP contribution in [0.1, 0.15) is 12.8 Å². The van der Waals surface area contributed by atoms with Crippen molar-refractivity contribution in [3.05, 3.63) is 35.7 Å². The molecule has 9 heteroatoms. The molecule has 1 aromatic carbocycles. The fraction of sp³-hybridized carbons (Fsp3) is 0.444. The van der Waals surface area contributed by atoms with E-state index in [1.807, 2.05) is 22.8 Å². The van der Waals surface area contributed by atoms with Gasteiger partial charge in [-0.15, -0.1) is 6.58 Å². The Labute approximate surface area is 162 Å². The lowest BCUT2D eigenvalue weighted by Gasteiger charge is -2.28. The van der Waals surface area contributed by atoms with Gasteiger partial charge in [-0.2, -0.15) is 4.99 Å². The fourth-order valence-corrected chi connectivity index (χ4v) is 5.19. The van der Waals surface area contributed by atoms with Crippen LogP contribution in [0.3, 0.4) is 0 Å². The molecule has 1 aliphatic rings. The highest BCUT2D eigenvalue weighted by atomic mass is 32.2. The minimum absolute atomic E-state index is 0.196. The van der Waals surface area contributed by atoms with Gasteiger partial charge in [0, 0.05) is 19.6 Å². The summed E-state index contributed by atoms with van der Waals surface area (Å²) in [6.07, 6.45) is 4.24. The van der Waals surface area contributed by atoms with Crippen molar-refractivity contribution in [1.82, 2.24) is 8.87 Å². The van der Waals surface area contributed by atoms with Gasteiger partial charge in [-0.25, -0.2) is 12.7 Å². The number of rotatable bonds is 5. The maximum Gasteiger partial charge on any atom is 0.252 e. The third-order valence-electron chi connectivity index (χ3n) is 4.61. The Morgan fingerprint density at radius 3 is 2.93 bits per heavy atom. The second-order valence-electron chi connectivity index (χ2n) is 6.53. The first-order chi connectivity index (χ1) is 12.8. The van der Waals surface area contributed by atoms with E-state index in [4.69, 9.17) is 4.74 Å². The van der Waals surface area contributed by atoms with Crippen LogP contribution in [0.15, 0.2) is 35.8 Å². The lowest BCUT2D eigenvalue weighted by molar-refractivity contribution is -0.122. The predicted octanol–water partition coefficient (Wildman–Crippen LogP) is 2.00.